The minimum Gasteiger partial charge on any atom is -0.494 e. The molecular weight excluding hydrogens is 205 g/mol. The zero-order valence-electron chi connectivity index (χ0n) is 8.16. The molecule has 0 saturated heterocycles. The number of halogens is 3. The number of benzene rings is 1. The maximum atomic E-state index is 11.7. The third kappa shape index (κ3) is 4.54. The molecule has 1 unspecified atom stereocenters. The maximum absolute atomic E-state index is 11.7. The number of alkyl halides is 3. The van der Waals surface area contributed by atoms with E-state index in [4.69, 9.17) is 4.74 Å². The van der Waals surface area contributed by atoms with Crippen LogP contribution in [0.25, 0.3) is 0 Å². The third-order valence-corrected chi connectivity index (χ3v) is 1.81. The van der Waals surface area contributed by atoms with Gasteiger partial charge < -0.3 is 4.74 Å². The number of hydrogen-bond donors (Lipinski definition) is 0. The summed E-state index contributed by atoms with van der Waals surface area (Å²) in [6.45, 7) is 1.69. The van der Waals surface area contributed by atoms with Crippen molar-refractivity contribution in [1.82, 2.24) is 0 Å². The molecule has 0 heterocycles. The minimum absolute atomic E-state index is 0.0758. The highest BCUT2D eigenvalue weighted by Gasteiger charge is 2.22. The van der Waals surface area contributed by atoms with Crippen molar-refractivity contribution in [1.29, 1.82) is 0 Å². The summed E-state index contributed by atoms with van der Waals surface area (Å²) in [5, 5.41) is 0. The Morgan fingerprint density at radius 3 is 2.33 bits per heavy atom. The Hall–Kier alpha value is -1.45. The zero-order valence-corrected chi connectivity index (χ0v) is 8.16. The molecule has 0 spiro atoms. The molecule has 0 aliphatic rings. The van der Waals surface area contributed by atoms with Gasteiger partial charge in [-0.2, -0.15) is 13.2 Å². The highest BCUT2D eigenvalue weighted by Crippen LogP contribution is 2.19. The minimum atomic E-state index is -4.32. The van der Waals surface area contributed by atoms with E-state index in [0.29, 0.717) is 6.26 Å². The summed E-state index contributed by atoms with van der Waals surface area (Å²) in [6, 6.07) is 9.05. The summed E-state index contributed by atoms with van der Waals surface area (Å²) < 4.78 is 40.1. The van der Waals surface area contributed by atoms with Gasteiger partial charge in [-0.1, -0.05) is 30.3 Å². The molecule has 4 heteroatoms. The van der Waals surface area contributed by atoms with Crippen molar-refractivity contribution in [2.45, 2.75) is 19.2 Å². The van der Waals surface area contributed by atoms with Crippen LogP contribution >= 0.6 is 0 Å². The summed E-state index contributed by atoms with van der Waals surface area (Å²) in [6.07, 6.45) is -3.95. The van der Waals surface area contributed by atoms with Crippen LogP contribution in [0.2, 0.25) is 0 Å². The maximum Gasteiger partial charge on any atom is 0.412 e. The molecule has 0 N–H and O–H groups in total. The summed E-state index contributed by atoms with van der Waals surface area (Å²) in [5.74, 6) is 0. The van der Waals surface area contributed by atoms with Crippen molar-refractivity contribution >= 4 is 0 Å². The lowest BCUT2D eigenvalue weighted by Gasteiger charge is -2.11. The molecule has 0 aliphatic heterocycles. The lowest BCUT2D eigenvalue weighted by molar-refractivity contribution is -0.0821. The fourth-order valence-electron chi connectivity index (χ4n) is 1.04. The van der Waals surface area contributed by atoms with E-state index in [0.717, 1.165) is 5.56 Å². The van der Waals surface area contributed by atoms with Gasteiger partial charge in [0.2, 0.25) is 0 Å². The second kappa shape index (κ2) is 4.87. The van der Waals surface area contributed by atoms with E-state index in [2.05, 4.69) is 0 Å². The fraction of sp³-hybridized carbons (Fsp3) is 0.273. The van der Waals surface area contributed by atoms with E-state index in [1.54, 1.807) is 19.1 Å². The SMILES string of the molecule is CC(O/C=C/C(F)(F)F)c1ccccc1. The molecule has 0 fully saturated rings. The predicted octanol–water partition coefficient (Wildman–Crippen LogP) is 3.84. The van der Waals surface area contributed by atoms with Gasteiger partial charge in [-0.05, 0) is 12.5 Å². The summed E-state index contributed by atoms with van der Waals surface area (Å²) in [7, 11) is 0. The van der Waals surface area contributed by atoms with Crippen LogP contribution in [-0.2, 0) is 4.74 Å². The van der Waals surface area contributed by atoms with Crippen LogP contribution in [-0.4, -0.2) is 6.18 Å². The van der Waals surface area contributed by atoms with Crippen LogP contribution in [0.5, 0.6) is 0 Å². The predicted molar refractivity (Wildman–Crippen MR) is 51.1 cm³/mol. The Labute approximate surface area is 86.2 Å². The van der Waals surface area contributed by atoms with Gasteiger partial charge in [0.1, 0.15) is 6.10 Å². The molecule has 0 aliphatic carbocycles. The quantitative estimate of drug-likeness (QED) is 0.697. The van der Waals surface area contributed by atoms with E-state index in [1.807, 2.05) is 18.2 Å². The van der Waals surface area contributed by atoms with Gasteiger partial charge in [-0.3, -0.25) is 0 Å². The van der Waals surface area contributed by atoms with Crippen LogP contribution in [0, 0.1) is 0 Å². The lowest BCUT2D eigenvalue weighted by atomic mass is 10.1. The number of allylic oxidation sites excluding steroid dienone is 1. The smallest absolute Gasteiger partial charge is 0.412 e. The molecule has 0 bridgehead atoms. The summed E-state index contributed by atoms with van der Waals surface area (Å²) in [4.78, 5) is 0. The lowest BCUT2D eigenvalue weighted by Crippen LogP contribution is -2.02. The Balaban J connectivity index is 2.51. The van der Waals surface area contributed by atoms with E-state index < -0.39 is 6.18 Å². The van der Waals surface area contributed by atoms with Crippen LogP contribution in [0.4, 0.5) is 13.2 Å². The number of hydrogen-bond acceptors (Lipinski definition) is 1. The molecule has 15 heavy (non-hydrogen) atoms. The highest BCUT2D eigenvalue weighted by molar-refractivity contribution is 5.17. The molecule has 1 aromatic carbocycles. The molecular formula is C11H11F3O. The largest absolute Gasteiger partial charge is 0.494 e. The topological polar surface area (TPSA) is 9.23 Å². The Morgan fingerprint density at radius 2 is 1.80 bits per heavy atom. The standard InChI is InChI=1S/C11H11F3O/c1-9(10-5-3-2-4-6-10)15-8-7-11(12,13)14/h2-9H,1H3/b8-7+. The van der Waals surface area contributed by atoms with Crippen LogP contribution in [0.3, 0.4) is 0 Å². The molecule has 1 aromatic rings. The molecule has 1 atom stereocenters. The number of ether oxygens (including phenoxy) is 1. The average molecular weight is 216 g/mol. The van der Waals surface area contributed by atoms with Crippen molar-refractivity contribution in [2.24, 2.45) is 0 Å². The number of rotatable bonds is 3. The first-order chi connectivity index (χ1) is 6.99. The molecule has 0 saturated carbocycles. The molecule has 1 nitrogen and oxygen atoms in total. The van der Waals surface area contributed by atoms with Gasteiger partial charge in [0.15, 0.2) is 0 Å². The van der Waals surface area contributed by atoms with E-state index in [-0.39, 0.29) is 12.2 Å². The normalized spacial score (nSPS) is 14.1. The van der Waals surface area contributed by atoms with Crippen molar-refractivity contribution in [3.8, 4) is 0 Å². The van der Waals surface area contributed by atoms with Gasteiger partial charge in [0.25, 0.3) is 0 Å². The van der Waals surface area contributed by atoms with Gasteiger partial charge >= 0.3 is 6.18 Å². The summed E-state index contributed by atoms with van der Waals surface area (Å²) in [5.41, 5.74) is 0.837. The monoisotopic (exact) mass is 216 g/mol. The van der Waals surface area contributed by atoms with Crippen LogP contribution in [0.1, 0.15) is 18.6 Å². The Bertz CT molecular complexity index is 316. The van der Waals surface area contributed by atoms with E-state index in [9.17, 15) is 13.2 Å². The Morgan fingerprint density at radius 1 is 1.20 bits per heavy atom. The molecule has 0 radical (unpaired) electrons. The highest BCUT2D eigenvalue weighted by atomic mass is 19.4. The molecule has 82 valence electrons. The van der Waals surface area contributed by atoms with Gasteiger partial charge in [-0.25, -0.2) is 0 Å². The zero-order chi connectivity index (χ0) is 11.3. The second-order valence-corrected chi connectivity index (χ2v) is 3.03. The third-order valence-electron chi connectivity index (χ3n) is 1.81. The van der Waals surface area contributed by atoms with Crippen molar-refractivity contribution in [3.05, 3.63) is 48.2 Å². The second-order valence-electron chi connectivity index (χ2n) is 3.03. The van der Waals surface area contributed by atoms with Gasteiger partial charge in [-0.15, -0.1) is 0 Å². The summed E-state index contributed by atoms with van der Waals surface area (Å²) >= 11 is 0. The van der Waals surface area contributed by atoms with Crippen molar-refractivity contribution in [2.75, 3.05) is 0 Å². The van der Waals surface area contributed by atoms with E-state index in [1.165, 1.54) is 0 Å². The first-order valence-electron chi connectivity index (χ1n) is 4.44. The van der Waals surface area contributed by atoms with E-state index >= 15 is 0 Å². The van der Waals surface area contributed by atoms with Crippen LogP contribution < -0.4 is 0 Å². The first-order valence-corrected chi connectivity index (χ1v) is 4.44. The van der Waals surface area contributed by atoms with Crippen molar-refractivity contribution < 1.29 is 17.9 Å². The molecule has 0 aromatic heterocycles. The molecule has 0 amide bonds. The first kappa shape index (κ1) is 11.6. The van der Waals surface area contributed by atoms with Crippen molar-refractivity contribution in [3.63, 3.8) is 0 Å². The van der Waals surface area contributed by atoms with Crippen LogP contribution in [0.15, 0.2) is 42.7 Å². The molecule has 1 rings (SSSR count). The van der Waals surface area contributed by atoms with Gasteiger partial charge in [0.05, 0.1) is 12.3 Å². The van der Waals surface area contributed by atoms with Gasteiger partial charge in [0, 0.05) is 0 Å². The average Bonchev–Trinajstić information content (AvgIpc) is 2.17. The fourth-order valence-corrected chi connectivity index (χ4v) is 1.04. The Kier molecular flexibility index (Phi) is 3.77.